The normalized spacial score (nSPS) is 11.4. The third-order valence-corrected chi connectivity index (χ3v) is 4.57. The Morgan fingerprint density at radius 2 is 1.04 bits per heavy atom. The Bertz CT molecular complexity index is 273. The van der Waals surface area contributed by atoms with Crippen LogP contribution in [0.25, 0.3) is 0 Å². The minimum Gasteiger partial charge on any atom is -0.281 e. The lowest BCUT2D eigenvalue weighted by atomic mass is 10.1. The number of allylic oxidation sites excluding steroid dienone is 2. The van der Waals surface area contributed by atoms with Gasteiger partial charge in [-0.05, 0) is 43.7 Å². The smallest absolute Gasteiger partial charge is 0.221 e. The van der Waals surface area contributed by atoms with Gasteiger partial charge in [0.1, 0.15) is 0 Å². The van der Waals surface area contributed by atoms with Gasteiger partial charge in [-0.25, -0.2) is 0 Å². The molecule has 0 aromatic carbocycles. The summed E-state index contributed by atoms with van der Waals surface area (Å²) < 4.78 is 0. The lowest BCUT2D eigenvalue weighted by Crippen LogP contribution is -1.86. The summed E-state index contributed by atoms with van der Waals surface area (Å²) in [5, 5.41) is -0.187. The summed E-state index contributed by atoms with van der Waals surface area (Å²) in [5.74, 6) is 0. The maximum Gasteiger partial charge on any atom is 0.221 e. The predicted molar refractivity (Wildman–Crippen MR) is 104 cm³/mol. The van der Waals surface area contributed by atoms with Gasteiger partial charge in [0, 0.05) is 6.42 Å². The van der Waals surface area contributed by atoms with Crippen molar-refractivity contribution in [2.75, 3.05) is 0 Å². The molecule has 0 aromatic rings. The summed E-state index contributed by atoms with van der Waals surface area (Å²) in [5.41, 5.74) is 0. The standard InChI is InChI=1S/C21H39ClO/c1-2-3-4-5-6-7-8-9-10-11-12-13-14-15-16-17-18-19-20-21(22)23/h10-11H,2-9,12-20H2,1H3/b11-10+. The number of carbonyl (C=O) groups is 1. The largest absolute Gasteiger partial charge is 0.281 e. The molecule has 23 heavy (non-hydrogen) atoms. The first-order valence-electron chi connectivity index (χ1n) is 10.1. The number of unbranched alkanes of at least 4 members (excludes halogenated alkanes) is 14. The zero-order valence-electron chi connectivity index (χ0n) is 15.5. The van der Waals surface area contributed by atoms with Crippen LogP contribution in [0.3, 0.4) is 0 Å². The van der Waals surface area contributed by atoms with Gasteiger partial charge in [0.15, 0.2) is 0 Å². The highest BCUT2D eigenvalue weighted by Crippen LogP contribution is 2.11. The molecule has 0 amide bonds. The molecule has 136 valence electrons. The molecule has 0 fully saturated rings. The lowest BCUT2D eigenvalue weighted by Gasteiger charge is -2.00. The Hall–Kier alpha value is -0.300. The quantitative estimate of drug-likeness (QED) is 0.140. The molecule has 0 aromatic heterocycles. The highest BCUT2D eigenvalue weighted by Gasteiger charge is 1.96. The Morgan fingerprint density at radius 1 is 0.652 bits per heavy atom. The molecule has 0 aliphatic rings. The van der Waals surface area contributed by atoms with Gasteiger partial charge in [-0.2, -0.15) is 0 Å². The molecule has 0 saturated heterocycles. The van der Waals surface area contributed by atoms with Gasteiger partial charge in [-0.1, -0.05) is 89.7 Å². The first-order chi connectivity index (χ1) is 11.3. The van der Waals surface area contributed by atoms with Crippen molar-refractivity contribution in [2.45, 2.75) is 116 Å². The number of hydrogen-bond donors (Lipinski definition) is 0. The minimum absolute atomic E-state index is 0.187. The van der Waals surface area contributed by atoms with Crippen LogP contribution in [0.2, 0.25) is 0 Å². The Kier molecular flexibility index (Phi) is 19.5. The van der Waals surface area contributed by atoms with E-state index in [9.17, 15) is 4.79 Å². The summed E-state index contributed by atoms with van der Waals surface area (Å²) in [4.78, 5) is 10.6. The molecule has 1 nitrogen and oxygen atoms in total. The Morgan fingerprint density at radius 3 is 1.48 bits per heavy atom. The molecule has 0 radical (unpaired) electrons. The van der Waals surface area contributed by atoms with E-state index in [2.05, 4.69) is 19.1 Å². The van der Waals surface area contributed by atoms with Crippen molar-refractivity contribution < 1.29 is 4.79 Å². The van der Waals surface area contributed by atoms with Crippen molar-refractivity contribution >= 4 is 16.8 Å². The number of carbonyl (C=O) groups excluding carboxylic acids is 1. The topological polar surface area (TPSA) is 17.1 Å². The van der Waals surface area contributed by atoms with Gasteiger partial charge in [-0.3, -0.25) is 4.79 Å². The van der Waals surface area contributed by atoms with Crippen LogP contribution in [0, 0.1) is 0 Å². The van der Waals surface area contributed by atoms with Crippen molar-refractivity contribution in [3.05, 3.63) is 12.2 Å². The maximum absolute atomic E-state index is 10.6. The average Bonchev–Trinajstić information content (AvgIpc) is 2.53. The van der Waals surface area contributed by atoms with Crippen LogP contribution in [0.15, 0.2) is 12.2 Å². The molecule has 0 unspecified atom stereocenters. The zero-order valence-corrected chi connectivity index (χ0v) is 16.2. The molecule has 0 bridgehead atoms. The monoisotopic (exact) mass is 342 g/mol. The highest BCUT2D eigenvalue weighted by atomic mass is 35.5. The summed E-state index contributed by atoms with van der Waals surface area (Å²) in [6, 6.07) is 0. The molecule has 0 heterocycles. The van der Waals surface area contributed by atoms with Crippen LogP contribution in [-0.2, 0) is 4.79 Å². The zero-order chi connectivity index (χ0) is 17.0. The van der Waals surface area contributed by atoms with Crippen LogP contribution in [0.1, 0.15) is 116 Å². The van der Waals surface area contributed by atoms with E-state index in [0.717, 1.165) is 12.8 Å². The molecule has 2 heteroatoms. The molecule has 0 rings (SSSR count). The molecule has 0 aliphatic heterocycles. The SMILES string of the molecule is CCCCCCCCC/C=C/CCCCCCCCCC(=O)Cl. The summed E-state index contributed by atoms with van der Waals surface area (Å²) >= 11 is 5.31. The van der Waals surface area contributed by atoms with Crippen LogP contribution >= 0.6 is 11.6 Å². The second-order valence-corrected chi connectivity index (χ2v) is 7.17. The fourth-order valence-electron chi connectivity index (χ4n) is 2.87. The van der Waals surface area contributed by atoms with Crippen molar-refractivity contribution in [1.29, 1.82) is 0 Å². The van der Waals surface area contributed by atoms with Crippen LogP contribution in [0.5, 0.6) is 0 Å². The van der Waals surface area contributed by atoms with Gasteiger partial charge in [0.2, 0.25) is 5.24 Å². The second kappa shape index (κ2) is 19.7. The summed E-state index contributed by atoms with van der Waals surface area (Å²) in [7, 11) is 0. The fraction of sp³-hybridized carbons (Fsp3) is 0.857. The molecular weight excluding hydrogens is 304 g/mol. The molecular formula is C21H39ClO. The van der Waals surface area contributed by atoms with E-state index in [-0.39, 0.29) is 5.24 Å². The van der Waals surface area contributed by atoms with E-state index in [0.29, 0.717) is 6.42 Å². The molecule has 0 atom stereocenters. The van der Waals surface area contributed by atoms with Gasteiger partial charge < -0.3 is 0 Å². The predicted octanol–water partition coefficient (Wildman–Crippen LogP) is 7.96. The molecule has 0 saturated carbocycles. The molecule has 0 spiro atoms. The van der Waals surface area contributed by atoms with Crippen molar-refractivity contribution in [3.8, 4) is 0 Å². The van der Waals surface area contributed by atoms with Gasteiger partial charge in [0.05, 0.1) is 0 Å². The Balaban J connectivity index is 3.07. The van der Waals surface area contributed by atoms with Crippen molar-refractivity contribution in [3.63, 3.8) is 0 Å². The van der Waals surface area contributed by atoms with E-state index < -0.39 is 0 Å². The minimum atomic E-state index is -0.187. The average molecular weight is 343 g/mol. The summed E-state index contributed by atoms with van der Waals surface area (Å²) in [6.07, 6.45) is 26.3. The molecule has 0 aliphatic carbocycles. The van der Waals surface area contributed by atoms with E-state index in [1.54, 1.807) is 0 Å². The number of rotatable bonds is 18. The third kappa shape index (κ3) is 21.7. The number of halogens is 1. The van der Waals surface area contributed by atoms with E-state index in [4.69, 9.17) is 11.6 Å². The van der Waals surface area contributed by atoms with Gasteiger partial charge in [-0.15, -0.1) is 0 Å². The Labute approximate surface area is 150 Å². The van der Waals surface area contributed by atoms with Crippen LogP contribution in [0.4, 0.5) is 0 Å². The van der Waals surface area contributed by atoms with Crippen molar-refractivity contribution in [1.82, 2.24) is 0 Å². The lowest BCUT2D eigenvalue weighted by molar-refractivity contribution is -0.111. The summed E-state index contributed by atoms with van der Waals surface area (Å²) in [6.45, 7) is 2.28. The van der Waals surface area contributed by atoms with Gasteiger partial charge in [0.25, 0.3) is 0 Å². The first kappa shape index (κ1) is 22.7. The third-order valence-electron chi connectivity index (χ3n) is 4.39. The van der Waals surface area contributed by atoms with Crippen LogP contribution < -0.4 is 0 Å². The van der Waals surface area contributed by atoms with E-state index in [1.165, 1.54) is 89.9 Å². The second-order valence-electron chi connectivity index (χ2n) is 6.75. The number of hydrogen-bond acceptors (Lipinski definition) is 1. The van der Waals surface area contributed by atoms with E-state index in [1.807, 2.05) is 0 Å². The maximum atomic E-state index is 10.6. The fourth-order valence-corrected chi connectivity index (χ4v) is 3.00. The van der Waals surface area contributed by atoms with Gasteiger partial charge >= 0.3 is 0 Å². The first-order valence-corrected chi connectivity index (χ1v) is 10.5. The highest BCUT2D eigenvalue weighted by molar-refractivity contribution is 6.63. The van der Waals surface area contributed by atoms with Crippen LogP contribution in [-0.4, -0.2) is 5.24 Å². The molecule has 0 N–H and O–H groups in total. The van der Waals surface area contributed by atoms with E-state index >= 15 is 0 Å². The van der Waals surface area contributed by atoms with Crippen molar-refractivity contribution in [2.24, 2.45) is 0 Å².